The minimum absolute atomic E-state index is 0.0296. The molecule has 1 aromatic heterocycles. The summed E-state index contributed by atoms with van der Waals surface area (Å²) in [5, 5.41) is 6.06. The minimum Gasteiger partial charge on any atom is -0.467 e. The normalized spacial score (nSPS) is 24.3. The van der Waals surface area contributed by atoms with E-state index in [1.54, 1.807) is 12.3 Å². The van der Waals surface area contributed by atoms with Gasteiger partial charge >= 0.3 is 0 Å². The zero-order chi connectivity index (χ0) is 13.7. The van der Waals surface area contributed by atoms with Crippen LogP contribution < -0.4 is 10.6 Å². The van der Waals surface area contributed by atoms with Crippen molar-refractivity contribution in [1.29, 1.82) is 0 Å². The van der Waals surface area contributed by atoms with Crippen molar-refractivity contribution in [3.8, 4) is 0 Å². The van der Waals surface area contributed by atoms with Crippen LogP contribution in [0.4, 0.5) is 0 Å². The Morgan fingerprint density at radius 3 is 3.05 bits per heavy atom. The molecule has 0 radical (unpaired) electrons. The Labute approximate surface area is 113 Å². The average molecular weight is 266 g/mol. The molecule has 1 amide bonds. The molecule has 1 aromatic rings. The van der Waals surface area contributed by atoms with Gasteiger partial charge in [-0.25, -0.2) is 0 Å². The first-order valence-corrected chi connectivity index (χ1v) is 6.76. The van der Waals surface area contributed by atoms with Crippen molar-refractivity contribution >= 4 is 5.91 Å². The van der Waals surface area contributed by atoms with E-state index < -0.39 is 0 Å². The quantitative estimate of drug-likeness (QED) is 0.818. The summed E-state index contributed by atoms with van der Waals surface area (Å²) in [7, 11) is 0. The summed E-state index contributed by atoms with van der Waals surface area (Å²) in [6.07, 6.45) is 3.74. The van der Waals surface area contributed by atoms with Crippen molar-refractivity contribution in [2.75, 3.05) is 13.2 Å². The zero-order valence-electron chi connectivity index (χ0n) is 11.6. The lowest BCUT2D eigenvalue weighted by atomic mass is 10.0. The fourth-order valence-electron chi connectivity index (χ4n) is 2.18. The highest BCUT2D eigenvalue weighted by molar-refractivity contribution is 5.81. The molecule has 2 rings (SSSR count). The molecular weight excluding hydrogens is 244 g/mol. The molecular formula is C14H22N2O3. The van der Waals surface area contributed by atoms with Crippen molar-refractivity contribution in [2.45, 2.75) is 44.9 Å². The molecule has 0 aliphatic carbocycles. The fraction of sp³-hybridized carbons (Fsp3) is 0.643. The van der Waals surface area contributed by atoms with Gasteiger partial charge in [0.15, 0.2) is 0 Å². The van der Waals surface area contributed by atoms with E-state index in [4.69, 9.17) is 9.15 Å². The van der Waals surface area contributed by atoms with Crippen molar-refractivity contribution in [3.05, 3.63) is 24.2 Å². The van der Waals surface area contributed by atoms with E-state index >= 15 is 0 Å². The van der Waals surface area contributed by atoms with E-state index in [0.29, 0.717) is 13.1 Å². The zero-order valence-corrected chi connectivity index (χ0v) is 11.6. The third kappa shape index (κ3) is 4.08. The Morgan fingerprint density at radius 2 is 2.42 bits per heavy atom. The molecule has 106 valence electrons. The van der Waals surface area contributed by atoms with Gasteiger partial charge in [-0.3, -0.25) is 4.79 Å². The maximum absolute atomic E-state index is 11.9. The van der Waals surface area contributed by atoms with Crippen LogP contribution in [0.15, 0.2) is 22.8 Å². The predicted octanol–water partition coefficient (Wildman–Crippen LogP) is 1.44. The number of carbonyl (C=O) groups is 1. The number of carbonyl (C=O) groups excluding carboxylic acids is 1. The number of hydrogen-bond acceptors (Lipinski definition) is 4. The van der Waals surface area contributed by atoms with E-state index in [-0.39, 0.29) is 17.6 Å². The number of amides is 1. The summed E-state index contributed by atoms with van der Waals surface area (Å²) in [6.45, 7) is 5.88. The van der Waals surface area contributed by atoms with Crippen LogP contribution in [-0.2, 0) is 16.1 Å². The number of hydrogen-bond donors (Lipinski definition) is 2. The molecule has 2 atom stereocenters. The van der Waals surface area contributed by atoms with Gasteiger partial charge in [0.1, 0.15) is 5.76 Å². The maximum atomic E-state index is 11.9. The molecule has 1 aliphatic heterocycles. The van der Waals surface area contributed by atoms with Crippen LogP contribution in [0.5, 0.6) is 0 Å². The molecule has 0 bridgehead atoms. The molecule has 1 fully saturated rings. The summed E-state index contributed by atoms with van der Waals surface area (Å²) in [6, 6.07) is 3.41. The van der Waals surface area contributed by atoms with Crippen molar-refractivity contribution in [3.63, 3.8) is 0 Å². The van der Waals surface area contributed by atoms with Crippen LogP contribution in [0, 0.1) is 0 Å². The van der Waals surface area contributed by atoms with Crippen LogP contribution >= 0.6 is 0 Å². The Hall–Kier alpha value is -1.33. The van der Waals surface area contributed by atoms with E-state index in [0.717, 1.165) is 25.2 Å². The Morgan fingerprint density at radius 1 is 1.58 bits per heavy atom. The molecule has 5 heteroatoms. The first kappa shape index (κ1) is 14.1. The highest BCUT2D eigenvalue weighted by Gasteiger charge is 2.30. The Balaban J connectivity index is 1.70. The van der Waals surface area contributed by atoms with Crippen molar-refractivity contribution in [2.24, 2.45) is 0 Å². The van der Waals surface area contributed by atoms with Crippen LogP contribution in [-0.4, -0.2) is 30.7 Å². The van der Waals surface area contributed by atoms with Crippen LogP contribution in [0.1, 0.15) is 32.4 Å². The summed E-state index contributed by atoms with van der Waals surface area (Å²) < 4.78 is 10.8. The Kier molecular flexibility index (Phi) is 4.61. The van der Waals surface area contributed by atoms with Gasteiger partial charge in [-0.15, -0.1) is 0 Å². The number of rotatable bonds is 6. The highest BCUT2D eigenvalue weighted by atomic mass is 16.5. The summed E-state index contributed by atoms with van der Waals surface area (Å²) >= 11 is 0. The maximum Gasteiger partial charge on any atom is 0.237 e. The third-order valence-corrected chi connectivity index (χ3v) is 3.49. The van der Waals surface area contributed by atoms with Crippen LogP contribution in [0.25, 0.3) is 0 Å². The largest absolute Gasteiger partial charge is 0.467 e. The molecule has 2 unspecified atom stereocenters. The summed E-state index contributed by atoms with van der Waals surface area (Å²) in [5.41, 5.74) is -0.129. The second-order valence-corrected chi connectivity index (χ2v) is 5.30. The van der Waals surface area contributed by atoms with E-state index in [1.165, 1.54) is 0 Å². The molecule has 0 aromatic carbocycles. The van der Waals surface area contributed by atoms with Crippen molar-refractivity contribution < 1.29 is 13.9 Å². The van der Waals surface area contributed by atoms with Gasteiger partial charge in [0.2, 0.25) is 5.91 Å². The summed E-state index contributed by atoms with van der Waals surface area (Å²) in [5.74, 6) is 0.727. The van der Waals surface area contributed by atoms with Crippen LogP contribution in [0.3, 0.4) is 0 Å². The lowest BCUT2D eigenvalue weighted by molar-refractivity contribution is -0.123. The van der Waals surface area contributed by atoms with E-state index in [9.17, 15) is 4.79 Å². The predicted molar refractivity (Wildman–Crippen MR) is 71.6 cm³/mol. The molecule has 0 spiro atoms. The van der Waals surface area contributed by atoms with Gasteiger partial charge in [-0.05, 0) is 38.8 Å². The Bertz CT molecular complexity index is 397. The van der Waals surface area contributed by atoms with Gasteiger partial charge in [0.05, 0.1) is 24.5 Å². The molecule has 5 nitrogen and oxygen atoms in total. The molecule has 1 aliphatic rings. The van der Waals surface area contributed by atoms with Gasteiger partial charge in [0.25, 0.3) is 0 Å². The minimum atomic E-state index is -0.240. The lowest BCUT2D eigenvalue weighted by Crippen LogP contribution is -2.47. The monoisotopic (exact) mass is 266 g/mol. The van der Waals surface area contributed by atoms with Crippen LogP contribution in [0.2, 0.25) is 0 Å². The lowest BCUT2D eigenvalue weighted by Gasteiger charge is -2.25. The number of nitrogens with one attached hydrogen (secondary N) is 2. The van der Waals surface area contributed by atoms with E-state index in [1.807, 2.05) is 13.0 Å². The standard InChI is InChI=1S/C14H22N2O3/c1-11(16-10-14(2)6-4-8-19-14)13(17)15-9-12-5-3-7-18-12/h3,5,7,11,16H,4,6,8-10H2,1-2H3,(H,15,17). The fourth-order valence-corrected chi connectivity index (χ4v) is 2.18. The highest BCUT2D eigenvalue weighted by Crippen LogP contribution is 2.23. The average Bonchev–Trinajstić information content (AvgIpc) is 3.05. The van der Waals surface area contributed by atoms with Crippen molar-refractivity contribution in [1.82, 2.24) is 10.6 Å². The second-order valence-electron chi connectivity index (χ2n) is 5.30. The topological polar surface area (TPSA) is 63.5 Å². The first-order valence-electron chi connectivity index (χ1n) is 6.76. The second kappa shape index (κ2) is 6.21. The molecule has 1 saturated heterocycles. The molecule has 2 N–H and O–H groups in total. The number of ether oxygens (including phenoxy) is 1. The van der Waals surface area contributed by atoms with Gasteiger partial charge in [-0.2, -0.15) is 0 Å². The summed E-state index contributed by atoms with van der Waals surface area (Å²) in [4.78, 5) is 11.9. The SMILES string of the molecule is CC(NCC1(C)CCCO1)C(=O)NCc1ccco1. The smallest absolute Gasteiger partial charge is 0.237 e. The molecule has 19 heavy (non-hydrogen) atoms. The molecule has 0 saturated carbocycles. The van der Waals surface area contributed by atoms with Gasteiger partial charge < -0.3 is 19.8 Å². The van der Waals surface area contributed by atoms with Gasteiger partial charge in [-0.1, -0.05) is 0 Å². The van der Waals surface area contributed by atoms with Gasteiger partial charge in [0, 0.05) is 13.2 Å². The van der Waals surface area contributed by atoms with E-state index in [2.05, 4.69) is 17.6 Å². The third-order valence-electron chi connectivity index (χ3n) is 3.49. The molecule has 2 heterocycles. The number of furan rings is 1. The first-order chi connectivity index (χ1) is 9.09.